The monoisotopic (exact) mass is 343 g/mol. The highest BCUT2D eigenvalue weighted by atomic mass is 16.5. The number of urea groups is 1. The van der Waals surface area contributed by atoms with Gasteiger partial charge in [-0.1, -0.05) is 23.4 Å². The van der Waals surface area contributed by atoms with Crippen LogP contribution in [0.3, 0.4) is 0 Å². The van der Waals surface area contributed by atoms with Crippen LogP contribution in [0.4, 0.5) is 4.79 Å². The Morgan fingerprint density at radius 2 is 2.08 bits per heavy atom. The van der Waals surface area contributed by atoms with Crippen LogP contribution in [0.25, 0.3) is 0 Å². The maximum absolute atomic E-state index is 12.6. The van der Waals surface area contributed by atoms with E-state index in [0.29, 0.717) is 6.54 Å². The van der Waals surface area contributed by atoms with E-state index in [-0.39, 0.29) is 18.2 Å². The number of hydrogen-bond donors (Lipinski definition) is 1. The van der Waals surface area contributed by atoms with E-state index < -0.39 is 0 Å². The lowest BCUT2D eigenvalue weighted by atomic mass is 10.2. The Labute approximate surface area is 148 Å². The molecular weight excluding hydrogens is 318 g/mol. The highest BCUT2D eigenvalue weighted by Crippen LogP contribution is 2.25. The van der Waals surface area contributed by atoms with Crippen LogP contribution in [0.5, 0.6) is 5.75 Å². The summed E-state index contributed by atoms with van der Waals surface area (Å²) in [5.41, 5.74) is 1.78. The van der Waals surface area contributed by atoms with Gasteiger partial charge in [-0.3, -0.25) is 0 Å². The summed E-state index contributed by atoms with van der Waals surface area (Å²) < 4.78 is 11.2. The number of para-hydroxylation sites is 1. The largest absolute Gasteiger partial charge is 0.488 e. The third kappa shape index (κ3) is 4.13. The smallest absolute Gasteiger partial charge is 0.317 e. The number of ether oxygens (including phenoxy) is 1. The molecule has 2 atom stereocenters. The summed E-state index contributed by atoms with van der Waals surface area (Å²) >= 11 is 0. The zero-order valence-electron chi connectivity index (χ0n) is 15.0. The number of nitrogens with one attached hydrogen (secondary N) is 1. The number of amides is 2. The van der Waals surface area contributed by atoms with Crippen LogP contribution in [0.15, 0.2) is 34.9 Å². The molecule has 1 aromatic carbocycles. The standard InChI is InChI=1S/C19H25N3O3/c1-13-16(14(2)25-21-13)12-22(3)19(23)20-17-10-7-11-18(17)24-15-8-5-4-6-9-15/h4-6,8-9,17-18H,7,10-12H2,1-3H3,(H,20,23)/t17-,18+/m0/s1. The number of carbonyl (C=O) groups excluding carboxylic acids is 1. The number of rotatable bonds is 5. The first kappa shape index (κ1) is 17.3. The van der Waals surface area contributed by atoms with Crippen molar-refractivity contribution >= 4 is 6.03 Å². The Kier molecular flexibility index (Phi) is 5.26. The fourth-order valence-corrected chi connectivity index (χ4v) is 3.21. The predicted octanol–water partition coefficient (Wildman–Crippen LogP) is 3.43. The van der Waals surface area contributed by atoms with Crippen molar-refractivity contribution in [3.05, 3.63) is 47.3 Å². The average Bonchev–Trinajstić information content (AvgIpc) is 3.17. The number of aryl methyl sites for hydroxylation is 2. The zero-order chi connectivity index (χ0) is 17.8. The van der Waals surface area contributed by atoms with Crippen LogP contribution >= 0.6 is 0 Å². The predicted molar refractivity (Wildman–Crippen MR) is 94.5 cm³/mol. The summed E-state index contributed by atoms with van der Waals surface area (Å²) in [6.07, 6.45) is 2.95. The third-order valence-electron chi connectivity index (χ3n) is 4.72. The molecule has 3 rings (SSSR count). The molecule has 2 aromatic rings. The fourth-order valence-electron chi connectivity index (χ4n) is 3.21. The molecular formula is C19H25N3O3. The summed E-state index contributed by atoms with van der Waals surface area (Å²) in [6.45, 7) is 4.23. The van der Waals surface area contributed by atoms with E-state index in [2.05, 4.69) is 10.5 Å². The molecule has 1 aromatic heterocycles. The number of hydrogen-bond acceptors (Lipinski definition) is 4. The van der Waals surface area contributed by atoms with Crippen molar-refractivity contribution in [3.63, 3.8) is 0 Å². The van der Waals surface area contributed by atoms with Gasteiger partial charge < -0.3 is 19.5 Å². The summed E-state index contributed by atoms with van der Waals surface area (Å²) in [5.74, 6) is 1.60. The van der Waals surface area contributed by atoms with Gasteiger partial charge in [-0.15, -0.1) is 0 Å². The molecule has 2 amide bonds. The van der Waals surface area contributed by atoms with Crippen LogP contribution in [-0.4, -0.2) is 35.3 Å². The van der Waals surface area contributed by atoms with Gasteiger partial charge in [-0.2, -0.15) is 0 Å². The molecule has 134 valence electrons. The Balaban J connectivity index is 1.57. The third-order valence-corrected chi connectivity index (χ3v) is 4.72. The normalized spacial score (nSPS) is 19.6. The number of carbonyl (C=O) groups is 1. The van der Waals surface area contributed by atoms with Crippen molar-refractivity contribution in [1.82, 2.24) is 15.4 Å². The molecule has 0 aliphatic heterocycles. The molecule has 0 radical (unpaired) electrons. The van der Waals surface area contributed by atoms with Gasteiger partial charge in [0, 0.05) is 12.6 Å². The molecule has 0 saturated heterocycles. The molecule has 25 heavy (non-hydrogen) atoms. The molecule has 1 saturated carbocycles. The van der Waals surface area contributed by atoms with E-state index >= 15 is 0 Å². The lowest BCUT2D eigenvalue weighted by molar-refractivity contribution is 0.161. The molecule has 6 heteroatoms. The van der Waals surface area contributed by atoms with Gasteiger partial charge in [0.2, 0.25) is 0 Å². The van der Waals surface area contributed by atoms with E-state index in [1.165, 1.54) is 0 Å². The SMILES string of the molecule is Cc1noc(C)c1CN(C)C(=O)N[C@H]1CCC[C@H]1Oc1ccccc1. The second-order valence-electron chi connectivity index (χ2n) is 6.62. The van der Waals surface area contributed by atoms with Crippen molar-refractivity contribution in [1.29, 1.82) is 0 Å². The minimum absolute atomic E-state index is 0.0128. The molecule has 0 unspecified atom stereocenters. The number of nitrogens with zero attached hydrogens (tertiary/aromatic N) is 2. The van der Waals surface area contributed by atoms with Crippen LogP contribution in [0.1, 0.15) is 36.3 Å². The average molecular weight is 343 g/mol. The highest BCUT2D eigenvalue weighted by Gasteiger charge is 2.31. The molecule has 1 N–H and O–H groups in total. The summed E-state index contributed by atoms with van der Waals surface area (Å²) in [7, 11) is 1.78. The van der Waals surface area contributed by atoms with Crippen molar-refractivity contribution in [2.75, 3.05) is 7.05 Å². The van der Waals surface area contributed by atoms with E-state index in [4.69, 9.17) is 9.26 Å². The first-order valence-corrected chi connectivity index (χ1v) is 8.69. The van der Waals surface area contributed by atoms with Crippen molar-refractivity contribution < 1.29 is 14.1 Å². The van der Waals surface area contributed by atoms with Crippen LogP contribution in [-0.2, 0) is 6.54 Å². The van der Waals surface area contributed by atoms with Gasteiger partial charge in [0.25, 0.3) is 0 Å². The van der Waals surface area contributed by atoms with Gasteiger partial charge >= 0.3 is 6.03 Å². The van der Waals surface area contributed by atoms with E-state index in [0.717, 1.165) is 42.0 Å². The van der Waals surface area contributed by atoms with Crippen molar-refractivity contribution in [3.8, 4) is 5.75 Å². The molecule has 6 nitrogen and oxygen atoms in total. The Hall–Kier alpha value is -2.50. The van der Waals surface area contributed by atoms with Crippen LogP contribution < -0.4 is 10.1 Å². The number of benzene rings is 1. The highest BCUT2D eigenvalue weighted by molar-refractivity contribution is 5.74. The minimum Gasteiger partial charge on any atom is -0.488 e. The topological polar surface area (TPSA) is 67.6 Å². The quantitative estimate of drug-likeness (QED) is 0.903. The van der Waals surface area contributed by atoms with Crippen LogP contribution in [0.2, 0.25) is 0 Å². The molecule has 1 heterocycles. The van der Waals surface area contributed by atoms with Crippen LogP contribution in [0, 0.1) is 13.8 Å². The molecule has 0 bridgehead atoms. The molecule has 1 fully saturated rings. The number of aromatic nitrogens is 1. The van der Waals surface area contributed by atoms with E-state index in [1.807, 2.05) is 44.2 Å². The van der Waals surface area contributed by atoms with Gasteiger partial charge in [-0.05, 0) is 45.2 Å². The first-order chi connectivity index (χ1) is 12.0. The Morgan fingerprint density at radius 3 is 2.76 bits per heavy atom. The zero-order valence-corrected chi connectivity index (χ0v) is 15.0. The maximum atomic E-state index is 12.6. The second kappa shape index (κ2) is 7.59. The van der Waals surface area contributed by atoms with Gasteiger partial charge in [0.05, 0.1) is 18.3 Å². The minimum atomic E-state index is -0.103. The molecule has 0 spiro atoms. The maximum Gasteiger partial charge on any atom is 0.317 e. The Morgan fingerprint density at radius 1 is 1.32 bits per heavy atom. The lowest BCUT2D eigenvalue weighted by Crippen LogP contribution is -2.47. The lowest BCUT2D eigenvalue weighted by Gasteiger charge is -2.25. The van der Waals surface area contributed by atoms with Gasteiger partial charge in [0.1, 0.15) is 17.6 Å². The van der Waals surface area contributed by atoms with Gasteiger partial charge in [0.15, 0.2) is 0 Å². The van der Waals surface area contributed by atoms with Gasteiger partial charge in [-0.25, -0.2) is 4.79 Å². The second-order valence-corrected chi connectivity index (χ2v) is 6.62. The van der Waals surface area contributed by atoms with Crippen molar-refractivity contribution in [2.45, 2.75) is 51.8 Å². The molecule has 1 aliphatic rings. The summed E-state index contributed by atoms with van der Waals surface area (Å²) in [4.78, 5) is 14.2. The summed E-state index contributed by atoms with van der Waals surface area (Å²) in [6, 6.07) is 9.68. The Bertz CT molecular complexity index is 694. The first-order valence-electron chi connectivity index (χ1n) is 8.69. The van der Waals surface area contributed by atoms with Crippen molar-refractivity contribution in [2.24, 2.45) is 0 Å². The summed E-state index contributed by atoms with van der Waals surface area (Å²) in [5, 5.41) is 7.05. The van der Waals surface area contributed by atoms with E-state index in [9.17, 15) is 4.79 Å². The van der Waals surface area contributed by atoms with E-state index in [1.54, 1.807) is 11.9 Å². The fraction of sp³-hybridized carbons (Fsp3) is 0.474. The molecule has 1 aliphatic carbocycles.